The fourth-order valence-corrected chi connectivity index (χ4v) is 2.39. The van der Waals surface area contributed by atoms with Crippen LogP contribution in [0.5, 0.6) is 0 Å². The highest BCUT2D eigenvalue weighted by molar-refractivity contribution is 9.10. The van der Waals surface area contributed by atoms with Crippen molar-refractivity contribution in [2.45, 2.75) is 25.4 Å². The highest BCUT2D eigenvalue weighted by Gasteiger charge is 2.16. The molecule has 0 unspecified atom stereocenters. The molecule has 82 valence electrons. The molecule has 0 aromatic heterocycles. The Hall–Kier alpha value is -0.380. The summed E-state index contributed by atoms with van der Waals surface area (Å²) in [5, 5.41) is 0. The van der Waals surface area contributed by atoms with Crippen LogP contribution in [0.4, 0.5) is 0 Å². The third kappa shape index (κ3) is 3.03. The average Bonchev–Trinajstić information content (AvgIpc) is 2.25. The predicted octanol–water partition coefficient (Wildman–Crippen LogP) is 2.37. The molecule has 0 amide bonds. The molecule has 2 N–H and O–H groups in total. The Kier molecular flexibility index (Phi) is 3.78. The molecule has 1 heterocycles. The highest BCUT2D eigenvalue weighted by Crippen LogP contribution is 2.19. The van der Waals surface area contributed by atoms with Gasteiger partial charge in [0.15, 0.2) is 0 Å². The lowest BCUT2D eigenvalue weighted by atomic mass is 10.1. The van der Waals surface area contributed by atoms with Crippen LogP contribution < -0.4 is 5.73 Å². The van der Waals surface area contributed by atoms with Gasteiger partial charge in [-0.1, -0.05) is 34.1 Å². The fraction of sp³-hybridized carbons (Fsp3) is 0.500. The minimum atomic E-state index is 0.417. The van der Waals surface area contributed by atoms with Crippen molar-refractivity contribution in [3.63, 3.8) is 0 Å². The molecule has 0 radical (unpaired) electrons. The van der Waals surface area contributed by atoms with Crippen LogP contribution in [0.25, 0.3) is 0 Å². The molecule has 0 spiro atoms. The molecule has 0 bridgehead atoms. The van der Waals surface area contributed by atoms with E-state index in [1.807, 2.05) is 0 Å². The summed E-state index contributed by atoms with van der Waals surface area (Å²) in [6, 6.07) is 8.85. The summed E-state index contributed by atoms with van der Waals surface area (Å²) in [7, 11) is 0. The number of piperidine rings is 1. The van der Waals surface area contributed by atoms with E-state index in [4.69, 9.17) is 5.73 Å². The number of benzene rings is 1. The highest BCUT2D eigenvalue weighted by atomic mass is 79.9. The second-order valence-corrected chi connectivity index (χ2v) is 5.06. The minimum absolute atomic E-state index is 0.417. The predicted molar refractivity (Wildman–Crippen MR) is 66.6 cm³/mol. The monoisotopic (exact) mass is 268 g/mol. The third-order valence-corrected chi connectivity index (χ3v) is 3.76. The van der Waals surface area contributed by atoms with E-state index in [9.17, 15) is 0 Å². The zero-order chi connectivity index (χ0) is 10.7. The zero-order valence-electron chi connectivity index (χ0n) is 8.82. The summed E-state index contributed by atoms with van der Waals surface area (Å²) in [6.07, 6.45) is 2.26. The van der Waals surface area contributed by atoms with Crippen molar-refractivity contribution in [1.29, 1.82) is 0 Å². The van der Waals surface area contributed by atoms with Crippen LogP contribution in [0.1, 0.15) is 18.4 Å². The van der Waals surface area contributed by atoms with Crippen LogP contribution in [0, 0.1) is 0 Å². The van der Waals surface area contributed by atoms with E-state index in [0.717, 1.165) is 32.5 Å². The van der Waals surface area contributed by atoms with Gasteiger partial charge in [0.25, 0.3) is 0 Å². The van der Waals surface area contributed by atoms with E-state index in [-0.39, 0.29) is 0 Å². The van der Waals surface area contributed by atoms with Crippen LogP contribution in [-0.4, -0.2) is 24.0 Å². The van der Waals surface area contributed by atoms with Gasteiger partial charge in [-0.3, -0.25) is 4.90 Å². The van der Waals surface area contributed by atoms with Crippen LogP contribution in [0.3, 0.4) is 0 Å². The molecular formula is C12H17BrN2. The summed E-state index contributed by atoms with van der Waals surface area (Å²) < 4.78 is 1.21. The molecule has 2 rings (SSSR count). The number of nitrogens with zero attached hydrogens (tertiary/aromatic N) is 1. The summed E-state index contributed by atoms with van der Waals surface area (Å²) in [4.78, 5) is 2.48. The normalized spacial score (nSPS) is 19.3. The smallest absolute Gasteiger partial charge is 0.0244 e. The first-order valence-electron chi connectivity index (χ1n) is 5.47. The first-order valence-corrected chi connectivity index (χ1v) is 6.26. The summed E-state index contributed by atoms with van der Waals surface area (Å²) >= 11 is 3.58. The Morgan fingerprint density at radius 3 is 2.60 bits per heavy atom. The van der Waals surface area contributed by atoms with Gasteiger partial charge in [0, 0.05) is 17.1 Å². The van der Waals surface area contributed by atoms with E-state index in [1.165, 1.54) is 10.0 Å². The van der Waals surface area contributed by atoms with Gasteiger partial charge in [-0.25, -0.2) is 0 Å². The topological polar surface area (TPSA) is 29.3 Å². The number of hydrogen-bond acceptors (Lipinski definition) is 2. The van der Waals surface area contributed by atoms with Gasteiger partial charge >= 0.3 is 0 Å². The number of halogens is 1. The number of nitrogens with two attached hydrogens (primary N) is 1. The SMILES string of the molecule is NC1CCN(Cc2ccccc2Br)CC1. The van der Waals surface area contributed by atoms with Gasteiger partial charge in [-0.2, -0.15) is 0 Å². The van der Waals surface area contributed by atoms with E-state index < -0.39 is 0 Å². The Bertz CT molecular complexity index is 319. The fourth-order valence-electron chi connectivity index (χ4n) is 1.98. The van der Waals surface area contributed by atoms with E-state index in [1.54, 1.807) is 0 Å². The quantitative estimate of drug-likeness (QED) is 0.893. The van der Waals surface area contributed by atoms with Crippen LogP contribution in [0.15, 0.2) is 28.7 Å². The number of likely N-dealkylation sites (tertiary alicyclic amines) is 1. The van der Waals surface area contributed by atoms with Crippen molar-refractivity contribution < 1.29 is 0 Å². The van der Waals surface area contributed by atoms with E-state index in [0.29, 0.717) is 6.04 Å². The Morgan fingerprint density at radius 2 is 1.93 bits per heavy atom. The van der Waals surface area contributed by atoms with Crippen molar-refractivity contribution in [3.05, 3.63) is 34.3 Å². The van der Waals surface area contributed by atoms with Crippen molar-refractivity contribution in [2.24, 2.45) is 5.73 Å². The van der Waals surface area contributed by atoms with E-state index in [2.05, 4.69) is 45.1 Å². The van der Waals surface area contributed by atoms with Gasteiger partial charge in [-0.15, -0.1) is 0 Å². The maximum atomic E-state index is 5.88. The molecule has 1 aliphatic heterocycles. The molecule has 2 nitrogen and oxygen atoms in total. The van der Waals surface area contributed by atoms with Crippen molar-refractivity contribution >= 4 is 15.9 Å². The molecule has 0 aliphatic carbocycles. The minimum Gasteiger partial charge on any atom is -0.328 e. The molecule has 0 atom stereocenters. The van der Waals surface area contributed by atoms with E-state index >= 15 is 0 Å². The number of rotatable bonds is 2. The van der Waals surface area contributed by atoms with Gasteiger partial charge < -0.3 is 5.73 Å². The average molecular weight is 269 g/mol. The lowest BCUT2D eigenvalue weighted by Gasteiger charge is -2.30. The van der Waals surface area contributed by atoms with Gasteiger partial charge in [-0.05, 0) is 37.6 Å². The standard InChI is InChI=1S/C12H17BrN2/c13-12-4-2-1-3-10(12)9-15-7-5-11(14)6-8-15/h1-4,11H,5-9,14H2. The summed E-state index contributed by atoms with van der Waals surface area (Å²) in [5.41, 5.74) is 7.25. The third-order valence-electron chi connectivity index (χ3n) is 2.98. The second-order valence-electron chi connectivity index (χ2n) is 4.20. The van der Waals surface area contributed by atoms with Crippen molar-refractivity contribution in [1.82, 2.24) is 4.90 Å². The molecule has 1 saturated heterocycles. The lowest BCUT2D eigenvalue weighted by molar-refractivity contribution is 0.205. The number of hydrogen-bond donors (Lipinski definition) is 1. The van der Waals surface area contributed by atoms with Crippen LogP contribution in [0.2, 0.25) is 0 Å². The van der Waals surface area contributed by atoms with Crippen LogP contribution in [-0.2, 0) is 6.54 Å². The molecule has 0 saturated carbocycles. The Morgan fingerprint density at radius 1 is 1.27 bits per heavy atom. The second kappa shape index (κ2) is 5.10. The molecule has 15 heavy (non-hydrogen) atoms. The van der Waals surface area contributed by atoms with Gasteiger partial charge in [0.2, 0.25) is 0 Å². The largest absolute Gasteiger partial charge is 0.328 e. The lowest BCUT2D eigenvalue weighted by Crippen LogP contribution is -2.39. The summed E-state index contributed by atoms with van der Waals surface area (Å²) in [6.45, 7) is 3.29. The maximum absolute atomic E-state index is 5.88. The molecular weight excluding hydrogens is 252 g/mol. The Labute approximate surface area is 99.6 Å². The van der Waals surface area contributed by atoms with Gasteiger partial charge in [0.05, 0.1) is 0 Å². The van der Waals surface area contributed by atoms with Crippen LogP contribution >= 0.6 is 15.9 Å². The molecule has 1 aromatic rings. The molecule has 1 fully saturated rings. The molecule has 1 aliphatic rings. The maximum Gasteiger partial charge on any atom is 0.0244 e. The first kappa shape index (κ1) is 11.1. The molecule has 1 aromatic carbocycles. The Balaban J connectivity index is 1.95. The van der Waals surface area contributed by atoms with Crippen molar-refractivity contribution in [3.8, 4) is 0 Å². The first-order chi connectivity index (χ1) is 7.25. The van der Waals surface area contributed by atoms with Crippen molar-refractivity contribution in [2.75, 3.05) is 13.1 Å². The summed E-state index contributed by atoms with van der Waals surface area (Å²) in [5.74, 6) is 0. The zero-order valence-corrected chi connectivity index (χ0v) is 10.4. The van der Waals surface area contributed by atoms with Gasteiger partial charge in [0.1, 0.15) is 0 Å². The molecule has 3 heteroatoms.